The molecule has 1 saturated heterocycles. The molecule has 1 aliphatic heterocycles. The topological polar surface area (TPSA) is 59.5 Å². The summed E-state index contributed by atoms with van der Waals surface area (Å²) < 4.78 is 34.4. The van der Waals surface area contributed by atoms with Crippen LogP contribution < -0.4 is 0 Å². The molecule has 4 rings (SSSR count). The largest absolute Gasteiger partial charge is 0.372 e. The molecule has 0 unspecified atom stereocenters. The Balaban J connectivity index is 1.79. The van der Waals surface area contributed by atoms with Crippen molar-refractivity contribution >= 4 is 20.9 Å². The SMILES string of the molecule is Cc1ccc2cccnc2c1S(=O)(=O)N1CCOC2(CCCC2)C1. The van der Waals surface area contributed by atoms with Crippen molar-refractivity contribution in [2.75, 3.05) is 19.7 Å². The average Bonchev–Trinajstić information content (AvgIpc) is 3.02. The molecule has 2 fully saturated rings. The summed E-state index contributed by atoms with van der Waals surface area (Å²) >= 11 is 0. The molecule has 2 aromatic rings. The Kier molecular flexibility index (Phi) is 3.86. The van der Waals surface area contributed by atoms with Gasteiger partial charge in [0.05, 0.1) is 17.7 Å². The van der Waals surface area contributed by atoms with Crippen LogP contribution in [-0.4, -0.2) is 43.0 Å². The summed E-state index contributed by atoms with van der Waals surface area (Å²) in [6, 6.07) is 7.52. The van der Waals surface area contributed by atoms with Crippen molar-refractivity contribution in [2.45, 2.75) is 43.1 Å². The first-order chi connectivity index (χ1) is 11.5. The Morgan fingerprint density at radius 1 is 1.21 bits per heavy atom. The van der Waals surface area contributed by atoms with Crippen molar-refractivity contribution in [1.29, 1.82) is 0 Å². The Morgan fingerprint density at radius 2 is 2.00 bits per heavy atom. The molecule has 6 heteroatoms. The fourth-order valence-electron chi connectivity index (χ4n) is 4.01. The molecule has 0 atom stereocenters. The molecule has 2 aliphatic rings. The molecule has 1 saturated carbocycles. The van der Waals surface area contributed by atoms with E-state index >= 15 is 0 Å². The van der Waals surface area contributed by atoms with E-state index in [0.717, 1.165) is 36.6 Å². The average molecular weight is 346 g/mol. The fourth-order valence-corrected chi connectivity index (χ4v) is 5.88. The molecule has 5 nitrogen and oxygen atoms in total. The standard InChI is InChI=1S/C18H22N2O3S/c1-14-6-7-15-5-4-10-19-16(15)17(14)24(21,22)20-11-12-23-18(13-20)8-2-3-9-18/h4-7,10H,2-3,8-9,11-13H2,1H3. The zero-order chi connectivity index (χ0) is 16.8. The minimum Gasteiger partial charge on any atom is -0.372 e. The number of sulfonamides is 1. The van der Waals surface area contributed by atoms with Gasteiger partial charge in [-0.05, 0) is 31.4 Å². The van der Waals surface area contributed by atoms with Crippen molar-refractivity contribution in [1.82, 2.24) is 9.29 Å². The van der Waals surface area contributed by atoms with Gasteiger partial charge in [-0.1, -0.05) is 31.0 Å². The van der Waals surface area contributed by atoms with Crippen LogP contribution in [0.25, 0.3) is 10.9 Å². The van der Waals surface area contributed by atoms with E-state index in [2.05, 4.69) is 4.98 Å². The smallest absolute Gasteiger partial charge is 0.245 e. The van der Waals surface area contributed by atoms with Crippen molar-refractivity contribution in [3.05, 3.63) is 36.0 Å². The number of hydrogen-bond donors (Lipinski definition) is 0. The zero-order valence-electron chi connectivity index (χ0n) is 13.9. The van der Waals surface area contributed by atoms with Gasteiger partial charge in [0.25, 0.3) is 0 Å². The summed E-state index contributed by atoms with van der Waals surface area (Å²) in [5.41, 5.74) is 1.02. The monoisotopic (exact) mass is 346 g/mol. The summed E-state index contributed by atoms with van der Waals surface area (Å²) in [5.74, 6) is 0. The predicted octanol–water partition coefficient (Wildman–Crippen LogP) is 2.88. The van der Waals surface area contributed by atoms with Crippen molar-refractivity contribution in [3.63, 3.8) is 0 Å². The highest BCUT2D eigenvalue weighted by molar-refractivity contribution is 7.89. The first kappa shape index (κ1) is 16.0. The van der Waals surface area contributed by atoms with Gasteiger partial charge in [0.2, 0.25) is 10.0 Å². The third kappa shape index (κ3) is 2.53. The van der Waals surface area contributed by atoms with Gasteiger partial charge in [-0.3, -0.25) is 4.98 Å². The number of pyridine rings is 1. The first-order valence-corrected chi connectivity index (χ1v) is 9.94. The van der Waals surface area contributed by atoms with Crippen molar-refractivity contribution in [2.24, 2.45) is 0 Å². The van der Waals surface area contributed by atoms with E-state index in [1.54, 1.807) is 10.5 Å². The summed E-state index contributed by atoms with van der Waals surface area (Å²) in [6.45, 7) is 3.17. The van der Waals surface area contributed by atoms with Gasteiger partial charge in [0, 0.05) is 24.7 Å². The van der Waals surface area contributed by atoms with Gasteiger partial charge < -0.3 is 4.74 Å². The van der Waals surface area contributed by atoms with E-state index in [1.807, 2.05) is 31.2 Å². The van der Waals surface area contributed by atoms with Crippen molar-refractivity contribution in [3.8, 4) is 0 Å². The molecule has 24 heavy (non-hydrogen) atoms. The highest BCUT2D eigenvalue weighted by atomic mass is 32.2. The Morgan fingerprint density at radius 3 is 2.79 bits per heavy atom. The highest BCUT2D eigenvalue weighted by Gasteiger charge is 2.43. The Labute approximate surface area is 142 Å². The molecule has 1 aromatic heterocycles. The van der Waals surface area contributed by atoms with Crippen LogP contribution in [0.3, 0.4) is 0 Å². The molecule has 1 spiro atoms. The second-order valence-corrected chi connectivity index (χ2v) is 8.74. The predicted molar refractivity (Wildman–Crippen MR) is 92.4 cm³/mol. The van der Waals surface area contributed by atoms with Crippen LogP contribution in [-0.2, 0) is 14.8 Å². The molecular formula is C18H22N2O3S. The Bertz CT molecular complexity index is 873. The first-order valence-electron chi connectivity index (χ1n) is 8.50. The lowest BCUT2D eigenvalue weighted by molar-refractivity contribution is -0.0842. The maximum Gasteiger partial charge on any atom is 0.245 e. The molecular weight excluding hydrogens is 324 g/mol. The van der Waals surface area contributed by atoms with E-state index < -0.39 is 10.0 Å². The van der Waals surface area contributed by atoms with Crippen LogP contribution in [0.4, 0.5) is 0 Å². The third-order valence-electron chi connectivity index (χ3n) is 5.25. The minimum absolute atomic E-state index is 0.281. The van der Waals surface area contributed by atoms with E-state index in [4.69, 9.17) is 4.74 Å². The molecule has 1 aromatic carbocycles. The number of ether oxygens (including phenoxy) is 1. The van der Waals surface area contributed by atoms with Crippen LogP contribution in [0, 0.1) is 6.92 Å². The van der Waals surface area contributed by atoms with E-state index in [0.29, 0.717) is 30.1 Å². The number of rotatable bonds is 2. The molecule has 0 bridgehead atoms. The molecule has 2 heterocycles. The summed E-state index contributed by atoms with van der Waals surface area (Å²) in [7, 11) is -3.59. The van der Waals surface area contributed by atoms with E-state index in [-0.39, 0.29) is 5.60 Å². The number of benzene rings is 1. The molecule has 128 valence electrons. The zero-order valence-corrected chi connectivity index (χ0v) is 14.7. The number of aromatic nitrogens is 1. The quantitative estimate of drug-likeness (QED) is 0.839. The van der Waals surface area contributed by atoms with Crippen LogP contribution in [0.15, 0.2) is 35.4 Å². The maximum absolute atomic E-state index is 13.4. The normalized spacial score (nSPS) is 21.5. The second-order valence-electron chi connectivity index (χ2n) is 6.86. The van der Waals surface area contributed by atoms with Gasteiger partial charge in [-0.15, -0.1) is 0 Å². The van der Waals surface area contributed by atoms with Gasteiger partial charge in [-0.25, -0.2) is 8.42 Å². The number of nitrogens with zero attached hydrogens (tertiary/aromatic N) is 2. The van der Waals surface area contributed by atoms with E-state index in [9.17, 15) is 8.42 Å². The molecule has 0 N–H and O–H groups in total. The van der Waals surface area contributed by atoms with Crippen LogP contribution in [0.5, 0.6) is 0 Å². The van der Waals surface area contributed by atoms with Gasteiger partial charge in [-0.2, -0.15) is 4.31 Å². The number of aryl methyl sites for hydroxylation is 1. The lowest BCUT2D eigenvalue weighted by Gasteiger charge is -2.39. The molecule has 0 radical (unpaired) electrons. The van der Waals surface area contributed by atoms with Gasteiger partial charge >= 0.3 is 0 Å². The van der Waals surface area contributed by atoms with E-state index in [1.165, 1.54) is 0 Å². The lowest BCUT2D eigenvalue weighted by Crippen LogP contribution is -2.52. The number of morpholine rings is 1. The Hall–Kier alpha value is -1.50. The fraction of sp³-hybridized carbons (Fsp3) is 0.500. The van der Waals surface area contributed by atoms with Crippen LogP contribution in [0.1, 0.15) is 31.2 Å². The minimum atomic E-state index is -3.59. The number of hydrogen-bond acceptors (Lipinski definition) is 4. The summed E-state index contributed by atoms with van der Waals surface area (Å²) in [4.78, 5) is 4.70. The van der Waals surface area contributed by atoms with Gasteiger partial charge in [0.1, 0.15) is 4.90 Å². The number of fused-ring (bicyclic) bond motifs is 1. The molecule has 0 amide bonds. The summed E-state index contributed by atoms with van der Waals surface area (Å²) in [6.07, 6.45) is 5.78. The molecule has 1 aliphatic carbocycles. The highest BCUT2D eigenvalue weighted by Crippen LogP contribution is 2.38. The maximum atomic E-state index is 13.4. The van der Waals surface area contributed by atoms with Crippen molar-refractivity contribution < 1.29 is 13.2 Å². The lowest BCUT2D eigenvalue weighted by atomic mass is 10.0. The third-order valence-corrected chi connectivity index (χ3v) is 7.27. The van der Waals surface area contributed by atoms with Crippen LogP contribution in [0.2, 0.25) is 0 Å². The second kappa shape index (κ2) is 5.79. The van der Waals surface area contributed by atoms with Crippen LogP contribution >= 0.6 is 0 Å². The van der Waals surface area contributed by atoms with Gasteiger partial charge in [0.15, 0.2) is 0 Å². The summed E-state index contributed by atoms with van der Waals surface area (Å²) in [5, 5.41) is 0.852.